The van der Waals surface area contributed by atoms with Gasteiger partial charge in [-0.2, -0.15) is 0 Å². The van der Waals surface area contributed by atoms with E-state index in [4.69, 9.17) is 0 Å². The first-order chi connectivity index (χ1) is 5.41. The summed E-state index contributed by atoms with van der Waals surface area (Å²) in [5, 5.41) is 1.42. The number of rotatable bonds is 1. The second kappa shape index (κ2) is 3.69. The van der Waals surface area contributed by atoms with E-state index in [1.54, 1.807) is 11.1 Å². The molecule has 1 aliphatic rings. The van der Waals surface area contributed by atoms with Gasteiger partial charge in [-0.15, -0.1) is 0 Å². The first kappa shape index (κ1) is 10.6. The van der Waals surface area contributed by atoms with Gasteiger partial charge in [-0.3, -0.25) is 0 Å². The third-order valence-electron chi connectivity index (χ3n) is 2.69. The second-order valence-electron chi connectivity index (χ2n) is 4.93. The van der Waals surface area contributed by atoms with Crippen LogP contribution in [0.15, 0.2) is 11.1 Å². The van der Waals surface area contributed by atoms with Gasteiger partial charge >= 0.3 is 83.8 Å². The normalized spacial score (nSPS) is 26.2. The van der Waals surface area contributed by atoms with Crippen LogP contribution in [-0.2, 0) is 0 Å². The Balaban J connectivity index is 2.67. The number of hydrogen-bond acceptors (Lipinski definition) is 0. The van der Waals surface area contributed by atoms with Crippen molar-refractivity contribution in [1.29, 1.82) is 0 Å². The molecule has 12 heavy (non-hydrogen) atoms. The van der Waals surface area contributed by atoms with Gasteiger partial charge in [-0.05, 0) is 0 Å². The third kappa shape index (κ3) is 2.48. The predicted octanol–water partition coefficient (Wildman–Crippen LogP) is 3.51. The fourth-order valence-electron chi connectivity index (χ4n) is 1.42. The van der Waals surface area contributed by atoms with Crippen molar-refractivity contribution in [3.05, 3.63) is 11.1 Å². The summed E-state index contributed by atoms with van der Waals surface area (Å²) < 4.78 is 1.11. The summed E-state index contributed by atoms with van der Waals surface area (Å²) in [5.41, 5.74) is 3.38. The van der Waals surface area contributed by atoms with E-state index in [2.05, 4.69) is 33.5 Å². The molecule has 0 saturated heterocycles. The van der Waals surface area contributed by atoms with Crippen molar-refractivity contribution in [3.8, 4) is 0 Å². The zero-order valence-electron chi connectivity index (χ0n) is 8.90. The van der Waals surface area contributed by atoms with Gasteiger partial charge in [0.1, 0.15) is 0 Å². The number of allylic oxidation sites excluding steroid dienone is 2. The van der Waals surface area contributed by atoms with Crippen LogP contribution in [0, 0.1) is 0 Å². The molecule has 1 heterocycles. The van der Waals surface area contributed by atoms with Gasteiger partial charge < -0.3 is 0 Å². The SMILES string of the molecule is CC1=C(C)CC([Si](C)(C)C)[Se]C1. The molecule has 0 aromatic heterocycles. The fourth-order valence-corrected chi connectivity index (χ4v) is 8.65. The van der Waals surface area contributed by atoms with E-state index in [1.807, 2.05) is 0 Å². The first-order valence-electron chi connectivity index (χ1n) is 4.68. The molecule has 0 amide bonds. The van der Waals surface area contributed by atoms with Crippen LogP contribution in [0.4, 0.5) is 0 Å². The molecule has 0 aliphatic carbocycles. The zero-order valence-corrected chi connectivity index (χ0v) is 11.6. The summed E-state index contributed by atoms with van der Waals surface area (Å²) in [6, 6.07) is 0. The quantitative estimate of drug-likeness (QED) is 0.491. The van der Waals surface area contributed by atoms with Gasteiger partial charge in [0.05, 0.1) is 0 Å². The molecule has 0 nitrogen and oxygen atoms in total. The van der Waals surface area contributed by atoms with Crippen LogP contribution in [0.25, 0.3) is 0 Å². The van der Waals surface area contributed by atoms with E-state index in [9.17, 15) is 0 Å². The average molecular weight is 247 g/mol. The van der Waals surface area contributed by atoms with Crippen LogP contribution in [0.2, 0.25) is 29.4 Å². The van der Waals surface area contributed by atoms with Crippen molar-refractivity contribution in [1.82, 2.24) is 0 Å². The van der Waals surface area contributed by atoms with Crippen LogP contribution in [0.5, 0.6) is 0 Å². The molecule has 0 N–H and O–H groups in total. The average Bonchev–Trinajstić information content (AvgIpc) is 1.92. The molecular formula is C10H20SeSi. The van der Waals surface area contributed by atoms with Crippen molar-refractivity contribution < 1.29 is 0 Å². The minimum atomic E-state index is -0.834. The van der Waals surface area contributed by atoms with Crippen LogP contribution in [0.1, 0.15) is 20.3 Å². The Morgan fingerprint density at radius 1 is 1.17 bits per heavy atom. The van der Waals surface area contributed by atoms with Gasteiger partial charge in [0.15, 0.2) is 0 Å². The molecule has 2 heteroatoms. The second-order valence-corrected chi connectivity index (χ2v) is 13.8. The van der Waals surface area contributed by atoms with Gasteiger partial charge in [0, 0.05) is 0 Å². The molecule has 0 fully saturated rings. The molecule has 1 unspecified atom stereocenters. The van der Waals surface area contributed by atoms with E-state index in [0.717, 1.165) is 19.4 Å². The molecule has 0 aromatic carbocycles. The topological polar surface area (TPSA) is 0 Å². The summed E-state index contributed by atoms with van der Waals surface area (Å²) >= 11 is 0.911. The van der Waals surface area contributed by atoms with Gasteiger partial charge in [-0.25, -0.2) is 0 Å². The molecule has 70 valence electrons. The monoisotopic (exact) mass is 248 g/mol. The molecule has 0 spiro atoms. The summed E-state index contributed by atoms with van der Waals surface area (Å²) in [7, 11) is -0.834. The Bertz CT molecular complexity index is 200. The van der Waals surface area contributed by atoms with Crippen LogP contribution in [-0.4, -0.2) is 23.0 Å². The van der Waals surface area contributed by atoms with Crippen molar-refractivity contribution in [2.75, 3.05) is 0 Å². The van der Waals surface area contributed by atoms with E-state index in [-0.39, 0.29) is 0 Å². The molecule has 1 rings (SSSR count). The predicted molar refractivity (Wildman–Crippen MR) is 60.6 cm³/mol. The zero-order chi connectivity index (χ0) is 9.35. The summed E-state index contributed by atoms with van der Waals surface area (Å²) in [6.45, 7) is 12.2. The van der Waals surface area contributed by atoms with Crippen molar-refractivity contribution in [2.24, 2.45) is 0 Å². The van der Waals surface area contributed by atoms with Crippen molar-refractivity contribution in [2.45, 2.75) is 49.7 Å². The van der Waals surface area contributed by atoms with Gasteiger partial charge in [0.2, 0.25) is 0 Å². The van der Waals surface area contributed by atoms with Crippen molar-refractivity contribution >= 4 is 23.0 Å². The van der Waals surface area contributed by atoms with Gasteiger partial charge in [-0.1, -0.05) is 0 Å². The van der Waals surface area contributed by atoms with Crippen LogP contribution >= 0.6 is 0 Å². The molecule has 1 aliphatic heterocycles. The number of hydrogen-bond donors (Lipinski definition) is 0. The molecule has 0 bridgehead atoms. The minimum absolute atomic E-state index is 0.834. The molecule has 0 aromatic rings. The van der Waals surface area contributed by atoms with Gasteiger partial charge in [0.25, 0.3) is 0 Å². The fraction of sp³-hybridized carbons (Fsp3) is 0.800. The Morgan fingerprint density at radius 2 is 1.75 bits per heavy atom. The maximum atomic E-state index is 2.52. The van der Waals surface area contributed by atoms with E-state index < -0.39 is 8.07 Å². The standard InChI is InChI=1S/C10H20SeSi/c1-8-6-10(12(3,4)5)11-7-9(8)2/h10H,6-7H2,1-5H3. The van der Waals surface area contributed by atoms with E-state index in [1.165, 1.54) is 11.7 Å². The maximum absolute atomic E-state index is 2.52. The Kier molecular flexibility index (Phi) is 3.25. The first-order valence-corrected chi connectivity index (χ1v) is 10.5. The molecule has 0 radical (unpaired) electrons. The molecule has 0 saturated carbocycles. The Labute approximate surface area is 84.0 Å². The van der Waals surface area contributed by atoms with Crippen molar-refractivity contribution in [3.63, 3.8) is 0 Å². The van der Waals surface area contributed by atoms with E-state index >= 15 is 0 Å². The summed E-state index contributed by atoms with van der Waals surface area (Å²) in [4.78, 5) is 0. The third-order valence-corrected chi connectivity index (χ3v) is 12.6. The Morgan fingerprint density at radius 3 is 2.17 bits per heavy atom. The molecule has 1 atom stereocenters. The summed E-state index contributed by atoms with van der Waals surface area (Å²) in [5.74, 6) is 0. The summed E-state index contributed by atoms with van der Waals surface area (Å²) in [6.07, 6.45) is 1.42. The van der Waals surface area contributed by atoms with Crippen LogP contribution in [0.3, 0.4) is 0 Å². The Hall–Kier alpha value is 0.476. The molecular weight excluding hydrogens is 227 g/mol. The van der Waals surface area contributed by atoms with Crippen LogP contribution < -0.4 is 0 Å². The van der Waals surface area contributed by atoms with E-state index in [0.29, 0.717) is 0 Å².